The highest BCUT2D eigenvalue weighted by Gasteiger charge is 2.22. The Morgan fingerprint density at radius 1 is 1.31 bits per heavy atom. The van der Waals surface area contributed by atoms with Gasteiger partial charge in [0.25, 0.3) is 0 Å². The Labute approximate surface area is 82.9 Å². The Morgan fingerprint density at radius 3 is 2.69 bits per heavy atom. The minimum absolute atomic E-state index is 0.430. The maximum atomic E-state index is 5.85. The third kappa shape index (κ3) is 2.45. The summed E-state index contributed by atoms with van der Waals surface area (Å²) in [4.78, 5) is 5.31. The van der Waals surface area contributed by atoms with Gasteiger partial charge in [0, 0.05) is 28.6 Å². The number of rotatable bonds is 2. The fourth-order valence-electron chi connectivity index (χ4n) is 1.69. The van der Waals surface area contributed by atoms with E-state index in [4.69, 9.17) is 5.73 Å². The minimum atomic E-state index is 0.430. The van der Waals surface area contributed by atoms with Crippen LogP contribution in [0.25, 0.3) is 0 Å². The quantitative estimate of drug-likeness (QED) is 0.783. The molecule has 1 aliphatic rings. The van der Waals surface area contributed by atoms with Crippen LogP contribution in [-0.2, 0) is 0 Å². The van der Waals surface area contributed by atoms with Gasteiger partial charge in [0.1, 0.15) is 0 Å². The molecule has 13 heavy (non-hydrogen) atoms. The van der Waals surface area contributed by atoms with Crippen molar-refractivity contribution in [3.8, 4) is 0 Å². The summed E-state index contributed by atoms with van der Waals surface area (Å²) < 4.78 is 0. The smallest absolute Gasteiger partial charge is 0.0278 e. The molecule has 3 heteroatoms. The lowest BCUT2D eigenvalue weighted by Gasteiger charge is -2.08. The largest absolute Gasteiger partial charge is 0.328 e. The molecule has 0 aliphatic heterocycles. The first-order valence-electron chi connectivity index (χ1n) is 4.67. The highest BCUT2D eigenvalue weighted by molar-refractivity contribution is 8.00. The molecule has 2 rings (SSSR count). The van der Waals surface area contributed by atoms with E-state index in [1.54, 1.807) is 0 Å². The molecule has 0 bridgehead atoms. The number of thioether (sulfide) groups is 1. The molecule has 1 fully saturated rings. The van der Waals surface area contributed by atoms with E-state index in [0.717, 1.165) is 11.7 Å². The zero-order valence-electron chi connectivity index (χ0n) is 7.52. The van der Waals surface area contributed by atoms with Crippen LogP contribution in [0, 0.1) is 0 Å². The lowest BCUT2D eigenvalue weighted by atomic mass is 10.3. The van der Waals surface area contributed by atoms with Crippen molar-refractivity contribution in [3.63, 3.8) is 0 Å². The average Bonchev–Trinajstić information content (AvgIpc) is 2.53. The molecule has 2 N–H and O–H groups in total. The highest BCUT2D eigenvalue weighted by Crippen LogP contribution is 2.33. The highest BCUT2D eigenvalue weighted by atomic mass is 32.2. The van der Waals surface area contributed by atoms with Gasteiger partial charge in [-0.1, -0.05) is 0 Å². The van der Waals surface area contributed by atoms with Gasteiger partial charge in [0.2, 0.25) is 0 Å². The predicted octanol–water partition coefficient (Wildman–Crippen LogP) is 2.05. The standard InChI is InChI=1S/C10H14N2S/c11-8-1-2-10(7-8)13-9-3-5-12-6-4-9/h3-6,8,10H,1-2,7,11H2. The zero-order valence-corrected chi connectivity index (χ0v) is 8.33. The van der Waals surface area contributed by atoms with E-state index in [0.29, 0.717) is 6.04 Å². The van der Waals surface area contributed by atoms with E-state index < -0.39 is 0 Å². The second kappa shape index (κ2) is 4.11. The van der Waals surface area contributed by atoms with E-state index in [-0.39, 0.29) is 0 Å². The predicted molar refractivity (Wildman–Crippen MR) is 55.7 cm³/mol. The van der Waals surface area contributed by atoms with Crippen molar-refractivity contribution in [1.82, 2.24) is 4.98 Å². The van der Waals surface area contributed by atoms with Crippen LogP contribution in [0.15, 0.2) is 29.4 Å². The van der Waals surface area contributed by atoms with Crippen molar-refractivity contribution >= 4 is 11.8 Å². The van der Waals surface area contributed by atoms with Crippen LogP contribution in [0.3, 0.4) is 0 Å². The van der Waals surface area contributed by atoms with Crippen molar-refractivity contribution in [1.29, 1.82) is 0 Å². The van der Waals surface area contributed by atoms with Crippen molar-refractivity contribution < 1.29 is 0 Å². The monoisotopic (exact) mass is 194 g/mol. The zero-order chi connectivity index (χ0) is 9.10. The van der Waals surface area contributed by atoms with Crippen LogP contribution >= 0.6 is 11.8 Å². The fraction of sp³-hybridized carbons (Fsp3) is 0.500. The van der Waals surface area contributed by atoms with Crippen LogP contribution in [0.2, 0.25) is 0 Å². The van der Waals surface area contributed by atoms with Gasteiger partial charge in [0.15, 0.2) is 0 Å². The summed E-state index contributed by atoms with van der Waals surface area (Å²) in [5, 5.41) is 0.720. The van der Waals surface area contributed by atoms with E-state index >= 15 is 0 Å². The summed E-state index contributed by atoms with van der Waals surface area (Å²) in [6.45, 7) is 0. The molecule has 2 nitrogen and oxygen atoms in total. The molecule has 1 aliphatic carbocycles. The number of nitrogens with zero attached hydrogens (tertiary/aromatic N) is 1. The molecule has 0 aromatic carbocycles. The van der Waals surface area contributed by atoms with Gasteiger partial charge >= 0.3 is 0 Å². The first-order chi connectivity index (χ1) is 6.34. The van der Waals surface area contributed by atoms with Gasteiger partial charge in [-0.15, -0.1) is 11.8 Å². The Bertz CT molecular complexity index is 263. The van der Waals surface area contributed by atoms with Crippen LogP contribution in [0.4, 0.5) is 0 Å². The summed E-state index contributed by atoms with van der Waals surface area (Å²) in [5.41, 5.74) is 5.85. The number of pyridine rings is 1. The maximum absolute atomic E-state index is 5.85. The Kier molecular flexibility index (Phi) is 2.86. The van der Waals surface area contributed by atoms with Gasteiger partial charge in [-0.25, -0.2) is 0 Å². The van der Waals surface area contributed by atoms with Gasteiger partial charge in [0.05, 0.1) is 0 Å². The van der Waals surface area contributed by atoms with Gasteiger partial charge in [-0.05, 0) is 31.4 Å². The molecule has 0 radical (unpaired) electrons. The van der Waals surface area contributed by atoms with E-state index in [1.165, 1.54) is 17.7 Å². The van der Waals surface area contributed by atoms with E-state index in [1.807, 2.05) is 24.2 Å². The van der Waals surface area contributed by atoms with E-state index in [9.17, 15) is 0 Å². The number of hydrogen-bond acceptors (Lipinski definition) is 3. The lowest BCUT2D eigenvalue weighted by Crippen LogP contribution is -2.15. The lowest BCUT2D eigenvalue weighted by molar-refractivity contribution is 0.706. The SMILES string of the molecule is NC1CCC(Sc2ccncc2)C1. The Hall–Kier alpha value is -0.540. The molecule has 1 saturated carbocycles. The molecule has 1 heterocycles. The normalized spacial score (nSPS) is 27.8. The first kappa shape index (κ1) is 9.03. The van der Waals surface area contributed by atoms with Crippen molar-refractivity contribution in [2.24, 2.45) is 5.73 Å². The summed E-state index contributed by atoms with van der Waals surface area (Å²) in [6, 6.07) is 4.56. The summed E-state index contributed by atoms with van der Waals surface area (Å²) in [7, 11) is 0. The van der Waals surface area contributed by atoms with E-state index in [2.05, 4.69) is 17.1 Å². The molecule has 2 atom stereocenters. The molecule has 1 aromatic heterocycles. The fourth-order valence-corrected chi connectivity index (χ4v) is 2.95. The van der Waals surface area contributed by atoms with Crippen LogP contribution in [0.1, 0.15) is 19.3 Å². The second-order valence-electron chi connectivity index (χ2n) is 3.50. The molecular formula is C10H14N2S. The van der Waals surface area contributed by atoms with Crippen molar-refractivity contribution in [3.05, 3.63) is 24.5 Å². The molecule has 2 unspecified atom stereocenters. The molecule has 0 saturated heterocycles. The van der Waals surface area contributed by atoms with Crippen molar-refractivity contribution in [2.45, 2.75) is 35.4 Å². The van der Waals surface area contributed by atoms with Crippen molar-refractivity contribution in [2.75, 3.05) is 0 Å². The Balaban J connectivity index is 1.92. The van der Waals surface area contributed by atoms with Crippen LogP contribution < -0.4 is 5.73 Å². The number of aromatic nitrogens is 1. The van der Waals surface area contributed by atoms with Crippen LogP contribution in [-0.4, -0.2) is 16.3 Å². The number of nitrogens with two attached hydrogens (primary N) is 1. The van der Waals surface area contributed by atoms with Gasteiger partial charge in [-0.3, -0.25) is 4.98 Å². The second-order valence-corrected chi connectivity index (χ2v) is 4.87. The molecular weight excluding hydrogens is 180 g/mol. The summed E-state index contributed by atoms with van der Waals surface area (Å²) in [6.07, 6.45) is 7.29. The van der Waals surface area contributed by atoms with Gasteiger partial charge < -0.3 is 5.73 Å². The van der Waals surface area contributed by atoms with Crippen LogP contribution in [0.5, 0.6) is 0 Å². The Morgan fingerprint density at radius 2 is 2.08 bits per heavy atom. The molecule has 0 spiro atoms. The first-order valence-corrected chi connectivity index (χ1v) is 5.55. The topological polar surface area (TPSA) is 38.9 Å². The summed E-state index contributed by atoms with van der Waals surface area (Å²) in [5.74, 6) is 0. The minimum Gasteiger partial charge on any atom is -0.328 e. The third-order valence-corrected chi connectivity index (χ3v) is 3.68. The average molecular weight is 194 g/mol. The summed E-state index contributed by atoms with van der Waals surface area (Å²) >= 11 is 1.93. The van der Waals surface area contributed by atoms with Gasteiger partial charge in [-0.2, -0.15) is 0 Å². The molecule has 70 valence electrons. The molecule has 0 amide bonds. The third-order valence-electron chi connectivity index (χ3n) is 2.38. The number of hydrogen-bond donors (Lipinski definition) is 1. The maximum Gasteiger partial charge on any atom is 0.0278 e. The molecule has 1 aromatic rings.